The number of hydrogen-bond donors (Lipinski definition) is 0. The topological polar surface area (TPSA) is 28.0 Å². The van der Waals surface area contributed by atoms with Crippen LogP contribution >= 0.6 is 0 Å². The van der Waals surface area contributed by atoms with Crippen LogP contribution in [0.15, 0.2) is 70.7 Å². The molecule has 0 aromatic heterocycles. The molecule has 1 aliphatic rings. The third-order valence-corrected chi connectivity index (χ3v) is 4.85. The number of fused-ring (bicyclic) bond motifs is 1. The van der Waals surface area contributed by atoms with Crippen molar-refractivity contribution >= 4 is 11.4 Å². The van der Waals surface area contributed by atoms with E-state index in [-0.39, 0.29) is 5.41 Å². The number of benzene rings is 2. The Morgan fingerprint density at radius 3 is 2.29 bits per heavy atom. The minimum atomic E-state index is -0.0636. The zero-order chi connectivity index (χ0) is 17.3. The number of azo groups is 1. The molecule has 0 unspecified atom stereocenters. The molecule has 0 saturated carbocycles. The third-order valence-electron chi connectivity index (χ3n) is 4.85. The van der Waals surface area contributed by atoms with Gasteiger partial charge in [-0.1, -0.05) is 58.0 Å². The molecule has 0 amide bonds. The first-order chi connectivity index (χ1) is 11.4. The summed E-state index contributed by atoms with van der Waals surface area (Å²) in [6.45, 7) is 8.84. The molecule has 1 heterocycles. The minimum absolute atomic E-state index is 0.0636. The Balaban J connectivity index is 1.84. The van der Waals surface area contributed by atoms with Crippen LogP contribution in [-0.4, -0.2) is 7.05 Å². The van der Waals surface area contributed by atoms with Crippen molar-refractivity contribution < 1.29 is 0 Å². The lowest BCUT2D eigenvalue weighted by atomic mass is 9.84. The lowest BCUT2D eigenvalue weighted by Crippen LogP contribution is -2.22. The van der Waals surface area contributed by atoms with Crippen LogP contribution in [0.2, 0.25) is 0 Å². The molecule has 0 atom stereocenters. The number of likely N-dealkylation sites (N-methyl/N-ethyl adjacent to an activating group) is 1. The Hall–Kier alpha value is -2.42. The molecule has 0 fully saturated rings. The van der Waals surface area contributed by atoms with E-state index in [0.717, 1.165) is 11.4 Å². The number of hydrogen-bond acceptors (Lipinski definition) is 3. The van der Waals surface area contributed by atoms with E-state index in [9.17, 15) is 0 Å². The molecule has 3 nitrogen and oxygen atoms in total. The van der Waals surface area contributed by atoms with Gasteiger partial charge in [-0.2, -0.15) is 10.2 Å². The van der Waals surface area contributed by atoms with Crippen molar-refractivity contribution in [3.63, 3.8) is 0 Å². The summed E-state index contributed by atoms with van der Waals surface area (Å²) >= 11 is 0. The maximum Gasteiger partial charge on any atom is 0.0857 e. The van der Waals surface area contributed by atoms with Gasteiger partial charge < -0.3 is 4.90 Å². The number of para-hydroxylation sites is 1. The molecule has 124 valence electrons. The predicted molar refractivity (Wildman–Crippen MR) is 101 cm³/mol. The summed E-state index contributed by atoms with van der Waals surface area (Å²) in [6, 6.07) is 16.8. The molecular weight excluding hydrogens is 294 g/mol. The van der Waals surface area contributed by atoms with Crippen LogP contribution in [0, 0.1) is 0 Å². The zero-order valence-corrected chi connectivity index (χ0v) is 15.1. The highest BCUT2D eigenvalue weighted by Gasteiger charge is 2.38. The second-order valence-corrected chi connectivity index (χ2v) is 7.18. The van der Waals surface area contributed by atoms with Gasteiger partial charge in [0.15, 0.2) is 0 Å². The summed E-state index contributed by atoms with van der Waals surface area (Å²) in [5.41, 5.74) is 5.87. The molecule has 0 aliphatic carbocycles. The summed E-state index contributed by atoms with van der Waals surface area (Å²) in [6.07, 6.45) is 1.89. The Morgan fingerprint density at radius 2 is 1.67 bits per heavy atom. The fraction of sp³-hybridized carbons (Fsp3) is 0.333. The van der Waals surface area contributed by atoms with Crippen molar-refractivity contribution in [2.24, 2.45) is 10.2 Å². The maximum absolute atomic E-state index is 4.35. The van der Waals surface area contributed by atoms with E-state index in [0.29, 0.717) is 5.92 Å². The van der Waals surface area contributed by atoms with Gasteiger partial charge in [-0.25, -0.2) is 0 Å². The van der Waals surface area contributed by atoms with Gasteiger partial charge in [0.1, 0.15) is 0 Å². The molecule has 24 heavy (non-hydrogen) atoms. The van der Waals surface area contributed by atoms with Gasteiger partial charge in [-0.05, 0) is 35.2 Å². The minimum Gasteiger partial charge on any atom is -0.346 e. The Kier molecular flexibility index (Phi) is 4.27. The quantitative estimate of drug-likeness (QED) is 0.622. The molecule has 2 aromatic rings. The van der Waals surface area contributed by atoms with Gasteiger partial charge in [0.2, 0.25) is 0 Å². The van der Waals surface area contributed by atoms with Crippen molar-refractivity contribution in [1.82, 2.24) is 0 Å². The van der Waals surface area contributed by atoms with Crippen molar-refractivity contribution in [3.05, 3.63) is 71.6 Å². The van der Waals surface area contributed by atoms with Crippen LogP contribution in [-0.2, 0) is 5.41 Å². The number of allylic oxidation sites excluding steroid dienone is 1. The smallest absolute Gasteiger partial charge is 0.0857 e. The Bertz CT molecular complexity index is 783. The first-order valence-corrected chi connectivity index (χ1v) is 8.46. The summed E-state index contributed by atoms with van der Waals surface area (Å²) in [5, 5.41) is 8.70. The van der Waals surface area contributed by atoms with Gasteiger partial charge in [0.25, 0.3) is 0 Å². The van der Waals surface area contributed by atoms with E-state index >= 15 is 0 Å². The normalized spacial score (nSPS) is 17.9. The summed E-state index contributed by atoms with van der Waals surface area (Å²) in [4.78, 5) is 2.20. The molecule has 0 radical (unpaired) electrons. The molecule has 3 rings (SSSR count). The van der Waals surface area contributed by atoms with Gasteiger partial charge in [0, 0.05) is 23.8 Å². The van der Waals surface area contributed by atoms with Crippen LogP contribution < -0.4 is 4.90 Å². The summed E-state index contributed by atoms with van der Waals surface area (Å²) in [7, 11) is 2.09. The second kappa shape index (κ2) is 6.23. The highest BCUT2D eigenvalue weighted by atomic mass is 15.2. The van der Waals surface area contributed by atoms with E-state index in [4.69, 9.17) is 0 Å². The van der Waals surface area contributed by atoms with E-state index in [1.807, 2.05) is 18.3 Å². The molecular formula is C21H25N3. The van der Waals surface area contributed by atoms with Crippen molar-refractivity contribution in [1.29, 1.82) is 0 Å². The van der Waals surface area contributed by atoms with Crippen molar-refractivity contribution in [3.8, 4) is 0 Å². The highest BCUT2D eigenvalue weighted by molar-refractivity contribution is 5.69. The predicted octanol–water partition coefficient (Wildman–Crippen LogP) is 6.16. The van der Waals surface area contributed by atoms with E-state index in [1.165, 1.54) is 16.8 Å². The van der Waals surface area contributed by atoms with Crippen LogP contribution in [0.1, 0.15) is 44.7 Å². The van der Waals surface area contributed by atoms with E-state index in [2.05, 4.69) is 86.3 Å². The van der Waals surface area contributed by atoms with Crippen LogP contribution in [0.4, 0.5) is 11.4 Å². The average Bonchev–Trinajstić information content (AvgIpc) is 2.76. The fourth-order valence-electron chi connectivity index (χ4n) is 3.31. The van der Waals surface area contributed by atoms with E-state index in [1.54, 1.807) is 0 Å². The lowest BCUT2D eigenvalue weighted by Gasteiger charge is -2.22. The second-order valence-electron chi connectivity index (χ2n) is 7.18. The largest absolute Gasteiger partial charge is 0.346 e. The number of rotatable bonds is 3. The number of nitrogens with zero attached hydrogens (tertiary/aromatic N) is 3. The Morgan fingerprint density at radius 1 is 1.00 bits per heavy atom. The molecule has 0 bridgehead atoms. The monoisotopic (exact) mass is 319 g/mol. The lowest BCUT2D eigenvalue weighted by molar-refractivity contribution is 0.637. The van der Waals surface area contributed by atoms with Crippen molar-refractivity contribution in [2.45, 2.75) is 39.0 Å². The standard InChI is InChI=1S/C21H25N3/c1-15(2)16-10-12-17(13-11-16)23-22-14-20-21(3,4)18-8-6-7-9-19(18)24(20)5/h6-15H,1-5H3. The fourth-order valence-corrected chi connectivity index (χ4v) is 3.31. The van der Waals surface area contributed by atoms with Crippen molar-refractivity contribution in [2.75, 3.05) is 11.9 Å². The van der Waals surface area contributed by atoms with E-state index < -0.39 is 0 Å². The Labute approximate surface area is 144 Å². The SMILES string of the molecule is CC(C)c1ccc(N=NC=C2N(C)c3ccccc3C2(C)C)cc1. The van der Waals surface area contributed by atoms with Gasteiger partial charge in [-0.15, -0.1) is 0 Å². The summed E-state index contributed by atoms with van der Waals surface area (Å²) in [5.74, 6) is 0.532. The molecule has 3 heteroatoms. The molecule has 2 aromatic carbocycles. The maximum atomic E-state index is 4.35. The third kappa shape index (κ3) is 2.86. The molecule has 0 saturated heterocycles. The van der Waals surface area contributed by atoms with Crippen LogP contribution in [0.3, 0.4) is 0 Å². The molecule has 0 N–H and O–H groups in total. The average molecular weight is 319 g/mol. The number of anilines is 1. The van der Waals surface area contributed by atoms with Gasteiger partial charge in [0.05, 0.1) is 11.9 Å². The molecule has 1 aliphatic heterocycles. The zero-order valence-electron chi connectivity index (χ0n) is 15.1. The van der Waals surface area contributed by atoms with Gasteiger partial charge >= 0.3 is 0 Å². The van der Waals surface area contributed by atoms with Crippen LogP contribution in [0.5, 0.6) is 0 Å². The first-order valence-electron chi connectivity index (χ1n) is 8.46. The van der Waals surface area contributed by atoms with Gasteiger partial charge in [-0.3, -0.25) is 0 Å². The molecule has 0 spiro atoms. The van der Waals surface area contributed by atoms with Crippen LogP contribution in [0.25, 0.3) is 0 Å². The highest BCUT2D eigenvalue weighted by Crippen LogP contribution is 2.46. The summed E-state index contributed by atoms with van der Waals surface area (Å²) < 4.78 is 0. The first kappa shape index (κ1) is 16.4.